The number of hydrogen-bond acceptors (Lipinski definition) is 2. The van der Waals surface area contributed by atoms with Crippen LogP contribution in [0, 0.1) is 0 Å². The van der Waals surface area contributed by atoms with E-state index in [2.05, 4.69) is 25.6 Å². The molecule has 0 unspecified atom stereocenters. The van der Waals surface area contributed by atoms with E-state index in [-0.39, 0.29) is 0 Å². The lowest BCUT2D eigenvalue weighted by atomic mass is 10.2. The van der Waals surface area contributed by atoms with Crippen LogP contribution in [-0.4, -0.2) is 5.75 Å². The van der Waals surface area contributed by atoms with Gasteiger partial charge in [0.25, 0.3) is 0 Å². The molecule has 1 aromatic rings. The van der Waals surface area contributed by atoms with Gasteiger partial charge in [0.15, 0.2) is 0 Å². The Morgan fingerprint density at radius 2 is 2.00 bits per heavy atom. The Hall–Kier alpha value is -0.890. The summed E-state index contributed by atoms with van der Waals surface area (Å²) in [6.07, 6.45) is 1.20. The van der Waals surface area contributed by atoms with Gasteiger partial charge in [0, 0.05) is 10.6 Å². The first-order chi connectivity index (χ1) is 6.24. The van der Waals surface area contributed by atoms with E-state index in [1.807, 2.05) is 23.9 Å². The van der Waals surface area contributed by atoms with Crippen molar-refractivity contribution in [1.82, 2.24) is 0 Å². The first kappa shape index (κ1) is 10.2. The minimum atomic E-state index is 0.632. The van der Waals surface area contributed by atoms with Crippen molar-refractivity contribution in [1.29, 1.82) is 0 Å². The molecular formula is C11H15NS. The van der Waals surface area contributed by atoms with Gasteiger partial charge in [-0.2, -0.15) is 0 Å². The average Bonchev–Trinajstić information content (AvgIpc) is 2.15. The predicted molar refractivity (Wildman–Crippen MR) is 60.7 cm³/mol. The monoisotopic (exact) mass is 193 g/mol. The molecule has 0 aliphatic heterocycles. The molecule has 0 saturated carbocycles. The smallest absolute Gasteiger partial charge is 0.0314 e. The number of nitrogens with two attached hydrogens (primary N) is 1. The first-order valence-electron chi connectivity index (χ1n) is 4.41. The molecule has 1 aromatic carbocycles. The molecule has 0 saturated heterocycles. The van der Waals surface area contributed by atoms with Crippen molar-refractivity contribution < 1.29 is 0 Å². The van der Waals surface area contributed by atoms with Crippen molar-refractivity contribution in [3.63, 3.8) is 0 Å². The van der Waals surface area contributed by atoms with Crippen LogP contribution in [0.25, 0.3) is 5.70 Å². The zero-order chi connectivity index (χ0) is 9.68. The number of thioether (sulfide) groups is 1. The zero-order valence-electron chi connectivity index (χ0n) is 7.92. The summed E-state index contributed by atoms with van der Waals surface area (Å²) in [5.74, 6) is 1.17. The van der Waals surface area contributed by atoms with Crippen LogP contribution in [0.15, 0.2) is 35.7 Å². The summed E-state index contributed by atoms with van der Waals surface area (Å²) >= 11 is 1.87. The van der Waals surface area contributed by atoms with Crippen LogP contribution in [0.4, 0.5) is 0 Å². The molecule has 1 nitrogen and oxygen atoms in total. The van der Waals surface area contributed by atoms with Crippen LogP contribution in [-0.2, 0) is 0 Å². The van der Waals surface area contributed by atoms with Crippen molar-refractivity contribution in [2.75, 3.05) is 5.75 Å². The first-order valence-corrected chi connectivity index (χ1v) is 5.40. The molecule has 0 heterocycles. The largest absolute Gasteiger partial charge is 0.399 e. The van der Waals surface area contributed by atoms with Gasteiger partial charge in [-0.05, 0) is 29.9 Å². The third kappa shape index (κ3) is 3.15. The second kappa shape index (κ2) is 4.97. The van der Waals surface area contributed by atoms with Gasteiger partial charge < -0.3 is 5.73 Å². The lowest BCUT2D eigenvalue weighted by molar-refractivity contribution is 1.10. The summed E-state index contributed by atoms with van der Waals surface area (Å²) in [7, 11) is 0. The van der Waals surface area contributed by atoms with Crippen LogP contribution in [0.1, 0.15) is 18.9 Å². The van der Waals surface area contributed by atoms with Crippen molar-refractivity contribution in [2.24, 2.45) is 5.73 Å². The van der Waals surface area contributed by atoms with E-state index in [4.69, 9.17) is 5.73 Å². The number of hydrogen-bond donors (Lipinski definition) is 1. The standard InChI is InChI=1S/C11H15NS/c1-3-8-13-11-6-4-10(5-7-11)9(2)12/h4-7H,2-3,8,12H2,1H3. The average molecular weight is 193 g/mol. The summed E-state index contributed by atoms with van der Waals surface area (Å²) in [5, 5.41) is 0. The lowest BCUT2D eigenvalue weighted by Crippen LogP contribution is -1.92. The Balaban J connectivity index is 2.64. The maximum absolute atomic E-state index is 5.56. The minimum absolute atomic E-state index is 0.632. The Morgan fingerprint density at radius 1 is 1.38 bits per heavy atom. The van der Waals surface area contributed by atoms with Crippen molar-refractivity contribution in [3.8, 4) is 0 Å². The highest BCUT2D eigenvalue weighted by molar-refractivity contribution is 7.99. The third-order valence-electron chi connectivity index (χ3n) is 1.70. The fraction of sp³-hybridized carbons (Fsp3) is 0.273. The Kier molecular flexibility index (Phi) is 3.90. The Morgan fingerprint density at radius 3 is 2.46 bits per heavy atom. The molecule has 1 rings (SSSR count). The third-order valence-corrected chi connectivity index (χ3v) is 2.92. The molecule has 0 amide bonds. The highest BCUT2D eigenvalue weighted by atomic mass is 32.2. The van der Waals surface area contributed by atoms with Gasteiger partial charge in [0.1, 0.15) is 0 Å². The van der Waals surface area contributed by atoms with Crippen LogP contribution in [0.2, 0.25) is 0 Å². The molecule has 0 aliphatic rings. The molecule has 0 atom stereocenters. The minimum Gasteiger partial charge on any atom is -0.399 e. The summed E-state index contributed by atoms with van der Waals surface area (Å²) in [6.45, 7) is 5.87. The van der Waals surface area contributed by atoms with E-state index < -0.39 is 0 Å². The van der Waals surface area contributed by atoms with Crippen molar-refractivity contribution in [2.45, 2.75) is 18.2 Å². The topological polar surface area (TPSA) is 26.0 Å². The molecule has 0 aromatic heterocycles. The van der Waals surface area contributed by atoms with Gasteiger partial charge in [0.2, 0.25) is 0 Å². The van der Waals surface area contributed by atoms with Gasteiger partial charge >= 0.3 is 0 Å². The summed E-state index contributed by atoms with van der Waals surface area (Å²) in [5.41, 5.74) is 7.21. The second-order valence-corrected chi connectivity index (χ2v) is 4.07. The van der Waals surface area contributed by atoms with Gasteiger partial charge in [-0.25, -0.2) is 0 Å². The van der Waals surface area contributed by atoms with Gasteiger partial charge in [0.05, 0.1) is 0 Å². The van der Waals surface area contributed by atoms with Crippen molar-refractivity contribution in [3.05, 3.63) is 36.4 Å². The van der Waals surface area contributed by atoms with E-state index >= 15 is 0 Å². The van der Waals surface area contributed by atoms with Crippen LogP contribution < -0.4 is 5.73 Å². The molecule has 70 valence electrons. The van der Waals surface area contributed by atoms with Crippen molar-refractivity contribution >= 4 is 17.5 Å². The number of rotatable bonds is 4. The molecule has 0 fully saturated rings. The van der Waals surface area contributed by atoms with E-state index in [9.17, 15) is 0 Å². The lowest BCUT2D eigenvalue weighted by Gasteiger charge is -2.02. The zero-order valence-corrected chi connectivity index (χ0v) is 8.73. The highest BCUT2D eigenvalue weighted by Crippen LogP contribution is 2.20. The molecule has 0 spiro atoms. The maximum Gasteiger partial charge on any atom is 0.0314 e. The fourth-order valence-corrected chi connectivity index (χ4v) is 1.75. The Labute approximate surface area is 84.0 Å². The maximum atomic E-state index is 5.56. The quantitative estimate of drug-likeness (QED) is 0.743. The normalized spacial score (nSPS) is 9.92. The van der Waals surface area contributed by atoms with Crippen LogP contribution in [0.5, 0.6) is 0 Å². The molecule has 2 N–H and O–H groups in total. The second-order valence-electron chi connectivity index (χ2n) is 2.90. The van der Waals surface area contributed by atoms with Gasteiger partial charge in [-0.3, -0.25) is 0 Å². The molecule has 0 bridgehead atoms. The Bertz CT molecular complexity index is 277. The SMILES string of the molecule is C=C(N)c1ccc(SCCC)cc1. The summed E-state index contributed by atoms with van der Waals surface area (Å²) in [6, 6.07) is 8.21. The summed E-state index contributed by atoms with van der Waals surface area (Å²) in [4.78, 5) is 1.30. The number of benzene rings is 1. The van der Waals surface area contributed by atoms with Gasteiger partial charge in [-0.1, -0.05) is 25.6 Å². The molecule has 2 heteroatoms. The van der Waals surface area contributed by atoms with Crippen LogP contribution in [0.3, 0.4) is 0 Å². The van der Waals surface area contributed by atoms with E-state index in [1.54, 1.807) is 0 Å². The van der Waals surface area contributed by atoms with Crippen LogP contribution >= 0.6 is 11.8 Å². The molecule has 0 radical (unpaired) electrons. The van der Waals surface area contributed by atoms with Gasteiger partial charge in [-0.15, -0.1) is 11.8 Å². The van der Waals surface area contributed by atoms with E-state index in [0.717, 1.165) is 5.56 Å². The molecule has 0 aliphatic carbocycles. The summed E-state index contributed by atoms with van der Waals surface area (Å²) < 4.78 is 0. The van der Waals surface area contributed by atoms with E-state index in [1.165, 1.54) is 17.1 Å². The highest BCUT2D eigenvalue weighted by Gasteiger charge is 1.95. The molecular weight excluding hydrogens is 178 g/mol. The predicted octanol–water partition coefficient (Wildman–Crippen LogP) is 3.12. The molecule has 13 heavy (non-hydrogen) atoms. The van der Waals surface area contributed by atoms with E-state index in [0.29, 0.717) is 5.70 Å². The fourth-order valence-electron chi connectivity index (χ4n) is 0.985.